The second-order valence-electron chi connectivity index (χ2n) is 8.82. The van der Waals surface area contributed by atoms with E-state index in [0.29, 0.717) is 43.1 Å². The Morgan fingerprint density at radius 3 is 2.58 bits per heavy atom. The summed E-state index contributed by atoms with van der Waals surface area (Å²) < 4.78 is 52.9. The summed E-state index contributed by atoms with van der Waals surface area (Å²) >= 11 is 0. The zero-order valence-corrected chi connectivity index (χ0v) is 21.8. The molecule has 1 fully saturated rings. The predicted octanol–water partition coefficient (Wildman–Crippen LogP) is 2.90. The zero-order chi connectivity index (χ0) is 26.3. The van der Waals surface area contributed by atoms with Crippen molar-refractivity contribution in [1.82, 2.24) is 14.5 Å². The van der Waals surface area contributed by atoms with Gasteiger partial charge in [0.1, 0.15) is 17.7 Å². The molecule has 0 radical (unpaired) electrons. The fourth-order valence-electron chi connectivity index (χ4n) is 4.12. The summed E-state index contributed by atoms with van der Waals surface area (Å²) in [7, 11) is -2.17. The van der Waals surface area contributed by atoms with Crippen LogP contribution < -0.4 is 9.46 Å². The number of nitrogens with zero attached hydrogens (tertiary/aromatic N) is 2. The smallest absolute Gasteiger partial charge is 0.246 e. The standard InChI is InChI=1S/C26H34FN3O5S/c1-5-26(31)30-14-13-29(17-20(30)3)18-25(21-7-6-19(2)24(27)16-21)35-22-8-10-23(11-9-22)36(32,33)28-12-15-34-4/h5-11,16,20,25,28H,1,12-15,17-18H2,2-4H3/t20-,25-/m1/s1. The van der Waals surface area contributed by atoms with Gasteiger partial charge in [0.15, 0.2) is 0 Å². The van der Waals surface area contributed by atoms with Crippen molar-refractivity contribution in [2.24, 2.45) is 0 Å². The van der Waals surface area contributed by atoms with Gasteiger partial charge in [0, 0.05) is 45.9 Å². The highest BCUT2D eigenvalue weighted by molar-refractivity contribution is 7.89. The van der Waals surface area contributed by atoms with Crippen molar-refractivity contribution in [1.29, 1.82) is 0 Å². The lowest BCUT2D eigenvalue weighted by Crippen LogP contribution is -2.54. The molecule has 0 spiro atoms. The minimum atomic E-state index is -3.67. The Morgan fingerprint density at radius 1 is 1.25 bits per heavy atom. The highest BCUT2D eigenvalue weighted by Crippen LogP contribution is 2.27. The molecule has 8 nitrogen and oxygen atoms in total. The van der Waals surface area contributed by atoms with Crippen LogP contribution in [0.5, 0.6) is 5.75 Å². The Balaban J connectivity index is 1.77. The van der Waals surface area contributed by atoms with E-state index < -0.39 is 16.1 Å². The Hall–Kier alpha value is -2.79. The minimum Gasteiger partial charge on any atom is -0.484 e. The number of hydrogen-bond acceptors (Lipinski definition) is 6. The van der Waals surface area contributed by atoms with Gasteiger partial charge in [0.05, 0.1) is 11.5 Å². The lowest BCUT2D eigenvalue weighted by molar-refractivity contribution is -0.130. The average molecular weight is 520 g/mol. The number of rotatable bonds is 11. The lowest BCUT2D eigenvalue weighted by atomic mass is 10.0. The van der Waals surface area contributed by atoms with E-state index in [1.807, 2.05) is 13.0 Å². The Morgan fingerprint density at radius 2 is 1.97 bits per heavy atom. The number of benzene rings is 2. The zero-order valence-electron chi connectivity index (χ0n) is 20.9. The van der Waals surface area contributed by atoms with Gasteiger partial charge in [-0.2, -0.15) is 0 Å². The number of sulfonamides is 1. The van der Waals surface area contributed by atoms with Crippen LogP contribution in [-0.2, 0) is 19.6 Å². The molecule has 1 amide bonds. The number of aryl methyl sites for hydroxylation is 1. The summed E-state index contributed by atoms with van der Waals surface area (Å²) in [6.07, 6.45) is 0.820. The third-order valence-corrected chi connectivity index (χ3v) is 7.65. The molecule has 2 aromatic rings. The minimum absolute atomic E-state index is 0.00486. The van der Waals surface area contributed by atoms with Crippen LogP contribution in [0.3, 0.4) is 0 Å². The molecule has 1 aliphatic rings. The molecule has 1 heterocycles. The highest BCUT2D eigenvalue weighted by Gasteiger charge is 2.28. The number of carbonyl (C=O) groups is 1. The second kappa shape index (κ2) is 12.4. The van der Waals surface area contributed by atoms with Crippen molar-refractivity contribution >= 4 is 15.9 Å². The summed E-state index contributed by atoms with van der Waals surface area (Å²) in [5.41, 5.74) is 1.21. The van der Waals surface area contributed by atoms with E-state index >= 15 is 0 Å². The van der Waals surface area contributed by atoms with Crippen molar-refractivity contribution in [3.05, 3.63) is 72.1 Å². The number of nitrogens with one attached hydrogen (secondary N) is 1. The number of piperazine rings is 1. The van der Waals surface area contributed by atoms with Gasteiger partial charge in [-0.05, 0) is 61.4 Å². The van der Waals surface area contributed by atoms with Gasteiger partial charge in [-0.25, -0.2) is 17.5 Å². The van der Waals surface area contributed by atoms with Crippen LogP contribution in [0.25, 0.3) is 0 Å². The molecule has 0 saturated carbocycles. The van der Waals surface area contributed by atoms with Crippen LogP contribution in [0.1, 0.15) is 24.2 Å². The molecule has 2 aromatic carbocycles. The fraction of sp³-hybridized carbons (Fsp3) is 0.423. The molecule has 0 aromatic heterocycles. The molecule has 2 atom stereocenters. The van der Waals surface area contributed by atoms with E-state index in [1.54, 1.807) is 30.0 Å². The summed E-state index contributed by atoms with van der Waals surface area (Å²) in [6, 6.07) is 11.1. The van der Waals surface area contributed by atoms with Crippen molar-refractivity contribution in [2.75, 3.05) is 46.4 Å². The van der Waals surface area contributed by atoms with Crippen molar-refractivity contribution in [2.45, 2.75) is 30.9 Å². The van der Waals surface area contributed by atoms with Crippen LogP contribution in [0.4, 0.5) is 4.39 Å². The fourth-order valence-corrected chi connectivity index (χ4v) is 5.13. The average Bonchev–Trinajstić information content (AvgIpc) is 2.85. The van der Waals surface area contributed by atoms with Gasteiger partial charge in [-0.15, -0.1) is 0 Å². The molecule has 1 N–H and O–H groups in total. The Bertz CT molecular complexity index is 1160. The van der Waals surface area contributed by atoms with Gasteiger partial charge in [0.25, 0.3) is 0 Å². The van der Waals surface area contributed by atoms with Crippen LogP contribution in [0, 0.1) is 12.7 Å². The van der Waals surface area contributed by atoms with E-state index in [0.717, 1.165) is 0 Å². The first kappa shape index (κ1) is 27.8. The Kier molecular flexibility index (Phi) is 9.61. The maximum Gasteiger partial charge on any atom is 0.246 e. The summed E-state index contributed by atoms with van der Waals surface area (Å²) in [5, 5.41) is 0. The molecule has 196 valence electrons. The second-order valence-corrected chi connectivity index (χ2v) is 10.6. The normalized spacial score (nSPS) is 17.6. The van der Waals surface area contributed by atoms with Crippen LogP contribution in [0.2, 0.25) is 0 Å². The quantitative estimate of drug-likeness (QED) is 0.363. The van der Waals surface area contributed by atoms with Gasteiger partial charge in [-0.1, -0.05) is 18.7 Å². The maximum absolute atomic E-state index is 14.4. The largest absolute Gasteiger partial charge is 0.484 e. The molecular weight excluding hydrogens is 485 g/mol. The predicted molar refractivity (Wildman–Crippen MR) is 136 cm³/mol. The van der Waals surface area contributed by atoms with Crippen LogP contribution in [0.15, 0.2) is 60.0 Å². The van der Waals surface area contributed by atoms with Gasteiger partial charge >= 0.3 is 0 Å². The number of halogens is 1. The molecule has 1 aliphatic heterocycles. The van der Waals surface area contributed by atoms with E-state index in [2.05, 4.69) is 16.2 Å². The molecule has 0 bridgehead atoms. The lowest BCUT2D eigenvalue weighted by Gasteiger charge is -2.40. The van der Waals surface area contributed by atoms with Crippen molar-refractivity contribution in [3.63, 3.8) is 0 Å². The first-order chi connectivity index (χ1) is 17.1. The molecular formula is C26H34FN3O5S. The molecule has 1 saturated heterocycles. The molecule has 3 rings (SSSR count). The monoisotopic (exact) mass is 519 g/mol. The van der Waals surface area contributed by atoms with E-state index in [-0.39, 0.29) is 35.8 Å². The number of hydrogen-bond donors (Lipinski definition) is 1. The van der Waals surface area contributed by atoms with Crippen LogP contribution in [-0.4, -0.2) is 76.6 Å². The number of ether oxygens (including phenoxy) is 2. The maximum atomic E-state index is 14.4. The highest BCUT2D eigenvalue weighted by atomic mass is 32.2. The topological polar surface area (TPSA) is 88.2 Å². The van der Waals surface area contributed by atoms with Gasteiger partial charge < -0.3 is 14.4 Å². The first-order valence-corrected chi connectivity index (χ1v) is 13.3. The first-order valence-electron chi connectivity index (χ1n) is 11.8. The van der Waals surface area contributed by atoms with E-state index in [1.165, 1.54) is 31.4 Å². The van der Waals surface area contributed by atoms with E-state index in [4.69, 9.17) is 9.47 Å². The third-order valence-electron chi connectivity index (χ3n) is 6.17. The van der Waals surface area contributed by atoms with Crippen molar-refractivity contribution < 1.29 is 27.1 Å². The van der Waals surface area contributed by atoms with Crippen molar-refractivity contribution in [3.8, 4) is 5.75 Å². The summed E-state index contributed by atoms with van der Waals surface area (Å²) in [5.74, 6) is 0.0482. The molecule has 10 heteroatoms. The number of methoxy groups -OCH3 is 1. The summed E-state index contributed by atoms with van der Waals surface area (Å²) in [4.78, 5) is 16.2. The van der Waals surface area contributed by atoms with E-state index in [9.17, 15) is 17.6 Å². The van der Waals surface area contributed by atoms with Gasteiger partial charge in [-0.3, -0.25) is 9.69 Å². The Labute approximate surface area is 212 Å². The third kappa shape index (κ3) is 7.13. The molecule has 36 heavy (non-hydrogen) atoms. The number of amides is 1. The molecule has 0 unspecified atom stereocenters. The van der Waals surface area contributed by atoms with Crippen LogP contribution >= 0.6 is 0 Å². The van der Waals surface area contributed by atoms with Gasteiger partial charge in [0.2, 0.25) is 15.9 Å². The summed E-state index contributed by atoms with van der Waals surface area (Å²) in [6.45, 7) is 10.0. The number of carbonyl (C=O) groups excluding carboxylic acids is 1. The SMILES string of the molecule is C=CC(=O)N1CCN(C[C@@H](Oc2ccc(S(=O)(=O)NCCOC)cc2)c2ccc(C)c(F)c2)C[C@H]1C. The molecule has 0 aliphatic carbocycles.